The zero-order valence-electron chi connectivity index (χ0n) is 22.4. The molecule has 0 aliphatic heterocycles. The lowest BCUT2D eigenvalue weighted by Gasteiger charge is -2.10. The Bertz CT molecular complexity index is 2460. The van der Waals surface area contributed by atoms with Gasteiger partial charge in [0.15, 0.2) is 5.82 Å². The van der Waals surface area contributed by atoms with Crippen molar-refractivity contribution in [3.8, 4) is 33.8 Å². The Morgan fingerprint density at radius 1 is 0.476 bits per heavy atom. The van der Waals surface area contributed by atoms with Gasteiger partial charge in [-0.25, -0.2) is 9.97 Å². The van der Waals surface area contributed by atoms with Gasteiger partial charge in [0, 0.05) is 42.9 Å². The highest BCUT2D eigenvalue weighted by Gasteiger charge is 2.21. The van der Waals surface area contributed by atoms with E-state index in [1.807, 2.05) is 12.1 Å². The average molecular weight is 555 g/mol. The molecule has 4 heteroatoms. The first-order valence-electron chi connectivity index (χ1n) is 14.0. The van der Waals surface area contributed by atoms with E-state index < -0.39 is 0 Å². The molecule has 9 rings (SSSR count). The van der Waals surface area contributed by atoms with Crippen LogP contribution in [0.3, 0.4) is 0 Å². The summed E-state index contributed by atoms with van der Waals surface area (Å²) in [6.45, 7) is 0. The van der Waals surface area contributed by atoms with Crippen LogP contribution in [0.2, 0.25) is 0 Å². The second kappa shape index (κ2) is 9.10. The molecule has 0 aliphatic carbocycles. The van der Waals surface area contributed by atoms with Crippen LogP contribution in [0.25, 0.3) is 86.8 Å². The number of hydrogen-bond acceptors (Lipinski definition) is 4. The zero-order valence-corrected chi connectivity index (χ0v) is 23.2. The van der Waals surface area contributed by atoms with Crippen LogP contribution in [-0.4, -0.2) is 9.97 Å². The standard InChI is InChI=1S/C38H22N2OS/c1-3-12-23(13-4-1)25-19-11-20-28-30-22-31(26-16-7-8-17-27(26)36(30)41-35(25)28)38-39-33(24-14-5-2-6-15-24)37-34(40-38)29-18-9-10-21-32(29)42-37/h1-22H. The van der Waals surface area contributed by atoms with Crippen LogP contribution in [0, 0.1) is 0 Å². The monoisotopic (exact) mass is 554 g/mol. The fraction of sp³-hybridized carbons (Fsp3) is 0. The number of nitrogens with zero attached hydrogens (tertiary/aromatic N) is 2. The van der Waals surface area contributed by atoms with Crippen LogP contribution in [0.4, 0.5) is 0 Å². The summed E-state index contributed by atoms with van der Waals surface area (Å²) >= 11 is 1.76. The Hall–Kier alpha value is -5.32. The zero-order chi connectivity index (χ0) is 27.6. The van der Waals surface area contributed by atoms with Crippen molar-refractivity contribution < 1.29 is 4.42 Å². The molecule has 3 heterocycles. The predicted octanol–water partition coefficient (Wildman–Crippen LogP) is 10.9. The Labute approximate surface area is 245 Å². The SMILES string of the molecule is c1ccc(-c2cccc3c2oc2c4ccccc4c(-c4nc(-c5ccccc5)c5sc6ccccc6c5n4)cc32)cc1. The van der Waals surface area contributed by atoms with Crippen LogP contribution >= 0.6 is 11.3 Å². The fourth-order valence-corrected chi connectivity index (χ4v) is 7.31. The smallest absolute Gasteiger partial charge is 0.161 e. The van der Waals surface area contributed by atoms with Crippen molar-refractivity contribution in [1.29, 1.82) is 0 Å². The number of para-hydroxylation sites is 1. The molecule has 0 atom stereocenters. The third-order valence-corrected chi connectivity index (χ3v) is 9.26. The molecule has 3 aromatic heterocycles. The van der Waals surface area contributed by atoms with Gasteiger partial charge in [0.25, 0.3) is 0 Å². The van der Waals surface area contributed by atoms with Crippen LogP contribution in [0.5, 0.6) is 0 Å². The fourth-order valence-electron chi connectivity index (χ4n) is 6.15. The highest BCUT2D eigenvalue weighted by Crippen LogP contribution is 2.44. The lowest BCUT2D eigenvalue weighted by atomic mass is 9.98. The number of aromatic nitrogens is 2. The van der Waals surface area contributed by atoms with Gasteiger partial charge in [0.1, 0.15) is 11.2 Å². The van der Waals surface area contributed by atoms with Crippen molar-refractivity contribution in [3.05, 3.63) is 133 Å². The molecular weight excluding hydrogens is 532 g/mol. The number of fused-ring (bicyclic) bond motifs is 8. The van der Waals surface area contributed by atoms with Gasteiger partial charge < -0.3 is 4.42 Å². The van der Waals surface area contributed by atoms with E-state index in [1.165, 1.54) is 4.70 Å². The summed E-state index contributed by atoms with van der Waals surface area (Å²) < 4.78 is 9.03. The van der Waals surface area contributed by atoms with E-state index in [4.69, 9.17) is 14.4 Å². The van der Waals surface area contributed by atoms with Crippen molar-refractivity contribution in [3.63, 3.8) is 0 Å². The normalized spacial score (nSPS) is 11.8. The number of rotatable bonds is 3. The Kier molecular flexibility index (Phi) is 5.07. The highest BCUT2D eigenvalue weighted by molar-refractivity contribution is 7.26. The van der Waals surface area contributed by atoms with Crippen molar-refractivity contribution >= 4 is 64.4 Å². The Balaban J connectivity index is 1.39. The molecule has 0 spiro atoms. The molecule has 0 bridgehead atoms. The van der Waals surface area contributed by atoms with Gasteiger partial charge >= 0.3 is 0 Å². The molecule has 196 valence electrons. The van der Waals surface area contributed by atoms with Crippen LogP contribution < -0.4 is 0 Å². The van der Waals surface area contributed by atoms with Crippen LogP contribution in [0.15, 0.2) is 138 Å². The third-order valence-electron chi connectivity index (χ3n) is 8.10. The molecule has 0 saturated carbocycles. The van der Waals surface area contributed by atoms with Crippen molar-refractivity contribution in [1.82, 2.24) is 9.97 Å². The summed E-state index contributed by atoms with van der Waals surface area (Å²) in [6.07, 6.45) is 0. The van der Waals surface area contributed by atoms with Crippen molar-refractivity contribution in [2.75, 3.05) is 0 Å². The molecule has 0 radical (unpaired) electrons. The number of hydrogen-bond donors (Lipinski definition) is 0. The van der Waals surface area contributed by atoms with Gasteiger partial charge in [-0.1, -0.05) is 121 Å². The van der Waals surface area contributed by atoms with E-state index in [9.17, 15) is 0 Å². The largest absolute Gasteiger partial charge is 0.455 e. The first-order valence-corrected chi connectivity index (χ1v) is 14.8. The molecule has 3 nitrogen and oxygen atoms in total. The first-order chi connectivity index (χ1) is 20.8. The Morgan fingerprint density at radius 2 is 1.12 bits per heavy atom. The van der Waals surface area contributed by atoms with E-state index in [0.29, 0.717) is 0 Å². The maximum absolute atomic E-state index is 6.71. The molecule has 0 fully saturated rings. The summed E-state index contributed by atoms with van der Waals surface area (Å²) in [5.74, 6) is 0.719. The molecule has 0 aliphatic rings. The van der Waals surface area contributed by atoms with Gasteiger partial charge in [-0.2, -0.15) is 0 Å². The summed E-state index contributed by atoms with van der Waals surface area (Å²) in [7, 11) is 0. The molecular formula is C38H22N2OS. The van der Waals surface area contributed by atoms with Gasteiger partial charge in [-0.05, 0) is 23.1 Å². The molecule has 0 amide bonds. The molecule has 0 unspecified atom stereocenters. The molecule has 9 aromatic rings. The molecule has 42 heavy (non-hydrogen) atoms. The first kappa shape index (κ1) is 23.4. The van der Waals surface area contributed by atoms with Crippen LogP contribution in [-0.2, 0) is 0 Å². The van der Waals surface area contributed by atoms with E-state index in [-0.39, 0.29) is 0 Å². The summed E-state index contributed by atoms with van der Waals surface area (Å²) in [5, 5.41) is 5.44. The van der Waals surface area contributed by atoms with E-state index >= 15 is 0 Å². The number of furan rings is 1. The second-order valence-electron chi connectivity index (χ2n) is 10.5. The number of benzene rings is 6. The van der Waals surface area contributed by atoms with Gasteiger partial charge in [0.05, 0.1) is 15.9 Å². The topological polar surface area (TPSA) is 38.9 Å². The second-order valence-corrected chi connectivity index (χ2v) is 11.6. The van der Waals surface area contributed by atoms with Gasteiger partial charge in [-0.15, -0.1) is 11.3 Å². The van der Waals surface area contributed by atoms with E-state index in [0.717, 1.165) is 82.1 Å². The van der Waals surface area contributed by atoms with Gasteiger partial charge in [-0.3, -0.25) is 0 Å². The highest BCUT2D eigenvalue weighted by atomic mass is 32.1. The minimum absolute atomic E-state index is 0.719. The lowest BCUT2D eigenvalue weighted by molar-refractivity contribution is 0.674. The average Bonchev–Trinajstić information content (AvgIpc) is 3.63. The summed E-state index contributed by atoms with van der Waals surface area (Å²) in [5.41, 5.74) is 8.05. The summed E-state index contributed by atoms with van der Waals surface area (Å²) in [6, 6.07) is 46.4. The minimum atomic E-state index is 0.719. The quantitative estimate of drug-likeness (QED) is 0.218. The summed E-state index contributed by atoms with van der Waals surface area (Å²) in [4.78, 5) is 10.6. The molecule has 0 saturated heterocycles. The molecule has 6 aromatic carbocycles. The Morgan fingerprint density at radius 3 is 1.93 bits per heavy atom. The van der Waals surface area contributed by atoms with Crippen LogP contribution in [0.1, 0.15) is 0 Å². The van der Waals surface area contributed by atoms with E-state index in [2.05, 4.69) is 121 Å². The maximum atomic E-state index is 6.71. The minimum Gasteiger partial charge on any atom is -0.455 e. The van der Waals surface area contributed by atoms with Crippen molar-refractivity contribution in [2.45, 2.75) is 0 Å². The van der Waals surface area contributed by atoms with Crippen molar-refractivity contribution in [2.24, 2.45) is 0 Å². The maximum Gasteiger partial charge on any atom is 0.161 e. The number of thiophene rings is 1. The lowest BCUT2D eigenvalue weighted by Crippen LogP contribution is -1.94. The van der Waals surface area contributed by atoms with E-state index in [1.54, 1.807) is 11.3 Å². The van der Waals surface area contributed by atoms with Gasteiger partial charge in [0.2, 0.25) is 0 Å². The third kappa shape index (κ3) is 3.46. The molecule has 0 N–H and O–H groups in total. The predicted molar refractivity (Wildman–Crippen MR) is 176 cm³/mol.